The first kappa shape index (κ1) is 16.2. The molecule has 1 aliphatic carbocycles. The summed E-state index contributed by atoms with van der Waals surface area (Å²) in [6.07, 6.45) is 5.08. The summed E-state index contributed by atoms with van der Waals surface area (Å²) in [7, 11) is 0. The van der Waals surface area contributed by atoms with Crippen molar-refractivity contribution in [2.24, 2.45) is 0 Å². The second-order valence-corrected chi connectivity index (χ2v) is 7.88. The molecule has 6 heteroatoms. The van der Waals surface area contributed by atoms with E-state index in [1.165, 1.54) is 0 Å². The summed E-state index contributed by atoms with van der Waals surface area (Å²) in [5.41, 5.74) is 1.16. The molecule has 6 nitrogen and oxygen atoms in total. The van der Waals surface area contributed by atoms with Crippen molar-refractivity contribution in [1.29, 1.82) is 0 Å². The van der Waals surface area contributed by atoms with E-state index >= 15 is 0 Å². The predicted octanol–water partition coefficient (Wildman–Crippen LogP) is 3.29. The van der Waals surface area contributed by atoms with Crippen molar-refractivity contribution < 1.29 is 4.79 Å². The third kappa shape index (κ3) is 2.47. The van der Waals surface area contributed by atoms with E-state index in [2.05, 4.69) is 32.4 Å². The quantitative estimate of drug-likeness (QED) is 0.777. The molecule has 1 saturated carbocycles. The Bertz CT molecular complexity index is 1040. The molecule has 3 heterocycles. The number of para-hydroxylation sites is 1. The Morgan fingerprint density at radius 3 is 2.70 bits per heavy atom. The van der Waals surface area contributed by atoms with Crippen LogP contribution in [0.15, 0.2) is 48.8 Å². The molecule has 3 aromatic rings. The average molecular weight is 359 g/mol. The van der Waals surface area contributed by atoms with Crippen LogP contribution in [0.25, 0.3) is 10.9 Å². The molecule has 27 heavy (non-hydrogen) atoms. The summed E-state index contributed by atoms with van der Waals surface area (Å²) in [6.45, 7) is 3.85. The molecule has 1 aliphatic heterocycles. The smallest absolute Gasteiger partial charge is 0.240 e. The number of anilines is 2. The Labute approximate surface area is 157 Å². The number of hydrogen-bond donors (Lipinski definition) is 1. The van der Waals surface area contributed by atoms with Gasteiger partial charge >= 0.3 is 0 Å². The maximum absolute atomic E-state index is 12.9. The first-order valence-electron chi connectivity index (χ1n) is 9.31. The Morgan fingerprint density at radius 1 is 1.07 bits per heavy atom. The van der Waals surface area contributed by atoms with E-state index in [4.69, 9.17) is 0 Å². The number of carbonyl (C=O) groups is 1. The maximum atomic E-state index is 12.9. The molecule has 0 saturated heterocycles. The molecular weight excluding hydrogens is 338 g/mol. The lowest BCUT2D eigenvalue weighted by Crippen LogP contribution is -2.53. The second kappa shape index (κ2) is 5.74. The summed E-state index contributed by atoms with van der Waals surface area (Å²) < 4.78 is 0. The van der Waals surface area contributed by atoms with Gasteiger partial charge in [0.1, 0.15) is 5.82 Å². The van der Waals surface area contributed by atoms with Crippen LogP contribution in [0.1, 0.15) is 32.4 Å². The minimum atomic E-state index is -0.609. The fourth-order valence-corrected chi connectivity index (χ4v) is 4.06. The fraction of sp³-hybridized carbons (Fsp3) is 0.333. The monoisotopic (exact) mass is 359 g/mol. The number of fused-ring (bicyclic) bond motifs is 2. The molecule has 136 valence electrons. The van der Waals surface area contributed by atoms with E-state index in [1.807, 2.05) is 43.0 Å². The van der Waals surface area contributed by atoms with Crippen LogP contribution in [0.3, 0.4) is 0 Å². The second-order valence-electron chi connectivity index (χ2n) is 7.88. The highest BCUT2D eigenvalue weighted by atomic mass is 16.2. The van der Waals surface area contributed by atoms with Crippen molar-refractivity contribution in [2.45, 2.75) is 44.2 Å². The highest BCUT2D eigenvalue weighted by Crippen LogP contribution is 2.43. The van der Waals surface area contributed by atoms with Gasteiger partial charge in [0.25, 0.3) is 0 Å². The van der Waals surface area contributed by atoms with E-state index in [0.29, 0.717) is 6.04 Å². The van der Waals surface area contributed by atoms with E-state index < -0.39 is 5.41 Å². The number of carbonyl (C=O) groups excluding carboxylic acids is 1. The predicted molar refractivity (Wildman–Crippen MR) is 105 cm³/mol. The van der Waals surface area contributed by atoms with E-state index in [-0.39, 0.29) is 11.9 Å². The number of pyridine rings is 1. The number of benzene rings is 1. The highest BCUT2D eigenvalue weighted by molar-refractivity contribution is 6.06. The molecule has 0 atom stereocenters. The van der Waals surface area contributed by atoms with Gasteiger partial charge in [-0.15, -0.1) is 0 Å². The molecule has 5 rings (SSSR count). The zero-order chi connectivity index (χ0) is 18.6. The molecule has 0 spiro atoms. The summed E-state index contributed by atoms with van der Waals surface area (Å²) in [4.78, 5) is 28.3. The van der Waals surface area contributed by atoms with Gasteiger partial charge in [0.2, 0.25) is 5.91 Å². The molecule has 0 bridgehead atoms. The lowest BCUT2D eigenvalue weighted by molar-refractivity contribution is -0.123. The average Bonchev–Trinajstić information content (AvgIpc) is 2.85. The normalized spacial score (nSPS) is 23.2. The molecule has 2 aliphatic rings. The highest BCUT2D eigenvalue weighted by Gasteiger charge is 2.51. The van der Waals surface area contributed by atoms with Gasteiger partial charge in [0, 0.05) is 29.9 Å². The first-order valence-corrected chi connectivity index (χ1v) is 9.31. The van der Waals surface area contributed by atoms with Crippen molar-refractivity contribution in [3.63, 3.8) is 0 Å². The zero-order valence-electron chi connectivity index (χ0n) is 15.4. The Hall–Kier alpha value is -3.02. The summed E-state index contributed by atoms with van der Waals surface area (Å²) in [5, 5.41) is 4.63. The molecule has 1 fully saturated rings. The van der Waals surface area contributed by atoms with Crippen LogP contribution in [0.4, 0.5) is 11.6 Å². The fourth-order valence-electron chi connectivity index (χ4n) is 4.06. The van der Waals surface area contributed by atoms with Crippen LogP contribution in [0.2, 0.25) is 0 Å². The lowest BCUT2D eigenvalue weighted by Gasteiger charge is -2.41. The van der Waals surface area contributed by atoms with Crippen molar-refractivity contribution in [3.05, 3.63) is 54.5 Å². The molecule has 1 aromatic carbocycles. The van der Waals surface area contributed by atoms with Crippen LogP contribution in [-0.2, 0) is 10.2 Å². The standard InChI is InChI=1S/C21H21N5O/c1-21(2)18-19(23-10-9-22-18)26(20(21)27)15-11-14(12-15)24-17-8-7-13-5-3-4-6-16(13)25-17/h3-10,14-15H,11-12H2,1-2H3,(H,24,25). The molecule has 0 unspecified atom stereocenters. The zero-order valence-corrected chi connectivity index (χ0v) is 15.4. The minimum absolute atomic E-state index is 0.0935. The molecule has 0 radical (unpaired) electrons. The minimum Gasteiger partial charge on any atom is -0.367 e. The van der Waals surface area contributed by atoms with Gasteiger partial charge < -0.3 is 5.32 Å². The lowest BCUT2D eigenvalue weighted by atomic mass is 9.84. The molecule has 1 N–H and O–H groups in total. The number of rotatable bonds is 3. The van der Waals surface area contributed by atoms with Crippen molar-refractivity contribution >= 4 is 28.4 Å². The van der Waals surface area contributed by atoms with E-state index in [9.17, 15) is 4.79 Å². The number of amides is 1. The van der Waals surface area contributed by atoms with Crippen molar-refractivity contribution in [2.75, 3.05) is 10.2 Å². The van der Waals surface area contributed by atoms with Crippen LogP contribution < -0.4 is 10.2 Å². The Balaban J connectivity index is 1.31. The van der Waals surface area contributed by atoms with Gasteiger partial charge in [0.15, 0.2) is 5.82 Å². The number of nitrogens with one attached hydrogen (secondary N) is 1. The van der Waals surface area contributed by atoms with E-state index in [1.54, 1.807) is 12.4 Å². The first-order chi connectivity index (χ1) is 13.0. The third-order valence-corrected chi connectivity index (χ3v) is 5.68. The number of nitrogens with zero attached hydrogens (tertiary/aromatic N) is 4. The summed E-state index contributed by atoms with van der Waals surface area (Å²) >= 11 is 0. The topological polar surface area (TPSA) is 71.0 Å². The maximum Gasteiger partial charge on any atom is 0.240 e. The number of aromatic nitrogens is 3. The Kier molecular flexibility index (Phi) is 3.44. The summed E-state index contributed by atoms with van der Waals surface area (Å²) in [5.74, 6) is 1.70. The molecule has 2 aromatic heterocycles. The van der Waals surface area contributed by atoms with Crippen LogP contribution in [-0.4, -0.2) is 32.9 Å². The van der Waals surface area contributed by atoms with Gasteiger partial charge in [-0.25, -0.2) is 9.97 Å². The van der Waals surface area contributed by atoms with Gasteiger partial charge in [-0.3, -0.25) is 14.7 Å². The van der Waals surface area contributed by atoms with Gasteiger partial charge in [-0.2, -0.15) is 0 Å². The SMILES string of the molecule is CC1(C)C(=O)N(C2CC(Nc3ccc4ccccc4n3)C2)c2nccnc21. The van der Waals surface area contributed by atoms with Crippen LogP contribution >= 0.6 is 0 Å². The van der Waals surface area contributed by atoms with Crippen LogP contribution in [0, 0.1) is 0 Å². The van der Waals surface area contributed by atoms with Crippen molar-refractivity contribution in [1.82, 2.24) is 15.0 Å². The van der Waals surface area contributed by atoms with Gasteiger partial charge in [-0.1, -0.05) is 18.2 Å². The molecular formula is C21H21N5O. The molecule has 1 amide bonds. The summed E-state index contributed by atoms with van der Waals surface area (Å²) in [6, 6.07) is 12.7. The van der Waals surface area contributed by atoms with Gasteiger partial charge in [-0.05, 0) is 44.9 Å². The van der Waals surface area contributed by atoms with Crippen molar-refractivity contribution in [3.8, 4) is 0 Å². The number of hydrogen-bond acceptors (Lipinski definition) is 5. The van der Waals surface area contributed by atoms with Crippen LogP contribution in [0.5, 0.6) is 0 Å². The van der Waals surface area contributed by atoms with Gasteiger partial charge in [0.05, 0.1) is 16.6 Å². The largest absolute Gasteiger partial charge is 0.367 e. The Morgan fingerprint density at radius 2 is 1.85 bits per heavy atom. The third-order valence-electron chi connectivity index (χ3n) is 5.68. The van der Waals surface area contributed by atoms with E-state index in [0.717, 1.165) is 41.1 Å².